The highest BCUT2D eigenvalue weighted by atomic mass is 16.5. The van der Waals surface area contributed by atoms with Gasteiger partial charge in [0, 0.05) is 25.1 Å². The molecule has 0 aromatic carbocycles. The van der Waals surface area contributed by atoms with Crippen LogP contribution in [0.3, 0.4) is 0 Å². The summed E-state index contributed by atoms with van der Waals surface area (Å²) in [5.41, 5.74) is 5.54. The molecular formula is C11H20N2O2. The third-order valence-corrected chi connectivity index (χ3v) is 4.24. The van der Waals surface area contributed by atoms with Gasteiger partial charge in [0.05, 0.1) is 12.5 Å². The van der Waals surface area contributed by atoms with Gasteiger partial charge in [-0.25, -0.2) is 0 Å². The van der Waals surface area contributed by atoms with Crippen LogP contribution in [0.25, 0.3) is 0 Å². The van der Waals surface area contributed by atoms with Crippen molar-refractivity contribution >= 4 is 5.91 Å². The Morgan fingerprint density at radius 1 is 1.67 bits per heavy atom. The number of nitrogens with two attached hydrogens (primary N) is 1. The number of nitrogens with one attached hydrogen (secondary N) is 1. The van der Waals surface area contributed by atoms with Crippen LogP contribution in [0.1, 0.15) is 19.8 Å². The van der Waals surface area contributed by atoms with Crippen molar-refractivity contribution in [3.05, 3.63) is 0 Å². The van der Waals surface area contributed by atoms with E-state index in [1.165, 1.54) is 0 Å². The molecule has 2 saturated heterocycles. The first-order chi connectivity index (χ1) is 7.20. The summed E-state index contributed by atoms with van der Waals surface area (Å²) in [5.74, 6) is 0.318. The lowest BCUT2D eigenvalue weighted by Gasteiger charge is -2.37. The topological polar surface area (TPSA) is 64.3 Å². The minimum absolute atomic E-state index is 0.0193. The number of hydrogen-bond acceptors (Lipinski definition) is 3. The molecule has 4 heteroatoms. The monoisotopic (exact) mass is 212 g/mol. The number of hydrogen-bond donors (Lipinski definition) is 2. The zero-order valence-electron chi connectivity index (χ0n) is 9.29. The summed E-state index contributed by atoms with van der Waals surface area (Å²) in [6.07, 6.45) is 2.07. The standard InChI is InChI=1S/C11H20N2O2/c1-2-11(8-3-4-15-6-8)7-13-5-9(11)10(12)14/h8-9,13H,2-7H2,1H3,(H2,12,14). The van der Waals surface area contributed by atoms with Crippen LogP contribution in [0.4, 0.5) is 0 Å². The van der Waals surface area contributed by atoms with Gasteiger partial charge in [-0.1, -0.05) is 6.92 Å². The maximum atomic E-state index is 11.5. The lowest BCUT2D eigenvalue weighted by Crippen LogP contribution is -2.43. The second kappa shape index (κ2) is 4.10. The molecule has 0 aromatic rings. The molecule has 0 aromatic heterocycles. The summed E-state index contributed by atoms with van der Waals surface area (Å²) in [5, 5.41) is 3.32. The fourth-order valence-electron chi connectivity index (χ4n) is 3.24. The van der Waals surface area contributed by atoms with E-state index < -0.39 is 0 Å². The van der Waals surface area contributed by atoms with Crippen molar-refractivity contribution in [3.8, 4) is 0 Å². The summed E-state index contributed by atoms with van der Waals surface area (Å²) in [6, 6.07) is 0. The fourth-order valence-corrected chi connectivity index (χ4v) is 3.24. The Kier molecular flexibility index (Phi) is 2.98. The molecule has 2 rings (SSSR count). The van der Waals surface area contributed by atoms with E-state index in [-0.39, 0.29) is 17.2 Å². The van der Waals surface area contributed by atoms with Gasteiger partial charge in [-0.2, -0.15) is 0 Å². The lowest BCUT2D eigenvalue weighted by atomic mass is 9.66. The van der Waals surface area contributed by atoms with Crippen LogP contribution in [0.15, 0.2) is 0 Å². The smallest absolute Gasteiger partial charge is 0.222 e. The minimum Gasteiger partial charge on any atom is -0.381 e. The summed E-state index contributed by atoms with van der Waals surface area (Å²) >= 11 is 0. The summed E-state index contributed by atoms with van der Waals surface area (Å²) in [7, 11) is 0. The Labute approximate surface area is 90.5 Å². The van der Waals surface area contributed by atoms with Crippen molar-refractivity contribution in [1.29, 1.82) is 0 Å². The largest absolute Gasteiger partial charge is 0.381 e. The third-order valence-electron chi connectivity index (χ3n) is 4.24. The second-order valence-electron chi connectivity index (χ2n) is 4.73. The Morgan fingerprint density at radius 2 is 2.47 bits per heavy atom. The maximum Gasteiger partial charge on any atom is 0.222 e. The van der Waals surface area contributed by atoms with E-state index in [1.54, 1.807) is 0 Å². The normalized spacial score (nSPS) is 40.9. The number of primary amides is 1. The van der Waals surface area contributed by atoms with E-state index in [2.05, 4.69) is 12.2 Å². The molecule has 0 aliphatic carbocycles. The highest BCUT2D eigenvalue weighted by Gasteiger charge is 2.50. The van der Waals surface area contributed by atoms with Gasteiger partial charge >= 0.3 is 0 Å². The first-order valence-electron chi connectivity index (χ1n) is 5.78. The summed E-state index contributed by atoms with van der Waals surface area (Å²) < 4.78 is 5.44. The van der Waals surface area contributed by atoms with Gasteiger partial charge in [0.2, 0.25) is 5.91 Å². The minimum atomic E-state index is -0.159. The molecule has 3 N–H and O–H groups in total. The Morgan fingerprint density at radius 3 is 3.00 bits per heavy atom. The predicted molar refractivity (Wildman–Crippen MR) is 57.2 cm³/mol. The molecule has 3 unspecified atom stereocenters. The molecule has 0 spiro atoms. The van der Waals surface area contributed by atoms with E-state index in [4.69, 9.17) is 10.5 Å². The Bertz CT molecular complexity index is 251. The second-order valence-corrected chi connectivity index (χ2v) is 4.73. The van der Waals surface area contributed by atoms with Gasteiger partial charge in [-0.3, -0.25) is 4.79 Å². The van der Waals surface area contributed by atoms with Crippen molar-refractivity contribution in [2.24, 2.45) is 23.0 Å². The molecule has 2 aliphatic heterocycles. The number of ether oxygens (including phenoxy) is 1. The van der Waals surface area contributed by atoms with Crippen molar-refractivity contribution in [1.82, 2.24) is 5.32 Å². The molecule has 0 saturated carbocycles. The molecule has 2 heterocycles. The van der Waals surface area contributed by atoms with Crippen molar-refractivity contribution in [2.45, 2.75) is 19.8 Å². The van der Waals surface area contributed by atoms with E-state index >= 15 is 0 Å². The molecule has 4 nitrogen and oxygen atoms in total. The van der Waals surface area contributed by atoms with Gasteiger partial charge in [0.15, 0.2) is 0 Å². The average molecular weight is 212 g/mol. The van der Waals surface area contributed by atoms with Crippen LogP contribution in [0.5, 0.6) is 0 Å². The van der Waals surface area contributed by atoms with Crippen LogP contribution in [0, 0.1) is 17.3 Å². The number of amides is 1. The van der Waals surface area contributed by atoms with E-state index in [1.807, 2.05) is 0 Å². The SMILES string of the molecule is CCC1(C2CCOC2)CNCC1C(N)=O. The van der Waals surface area contributed by atoms with Crippen molar-refractivity contribution in [2.75, 3.05) is 26.3 Å². The van der Waals surface area contributed by atoms with Crippen LogP contribution >= 0.6 is 0 Å². The number of rotatable bonds is 3. The number of carbonyl (C=O) groups is 1. The van der Waals surface area contributed by atoms with E-state index in [9.17, 15) is 4.79 Å². The van der Waals surface area contributed by atoms with Crippen LogP contribution in [0.2, 0.25) is 0 Å². The fraction of sp³-hybridized carbons (Fsp3) is 0.909. The zero-order chi connectivity index (χ0) is 10.9. The molecule has 0 bridgehead atoms. The molecule has 2 fully saturated rings. The first-order valence-corrected chi connectivity index (χ1v) is 5.78. The molecule has 15 heavy (non-hydrogen) atoms. The quantitative estimate of drug-likeness (QED) is 0.698. The molecule has 1 amide bonds. The van der Waals surface area contributed by atoms with Gasteiger partial charge in [-0.15, -0.1) is 0 Å². The van der Waals surface area contributed by atoms with Crippen LogP contribution < -0.4 is 11.1 Å². The molecule has 3 atom stereocenters. The summed E-state index contributed by atoms with van der Waals surface area (Å²) in [6.45, 7) is 5.42. The molecular weight excluding hydrogens is 192 g/mol. The maximum absolute atomic E-state index is 11.5. The third kappa shape index (κ3) is 1.66. The van der Waals surface area contributed by atoms with Crippen LogP contribution in [-0.2, 0) is 9.53 Å². The average Bonchev–Trinajstić information content (AvgIpc) is 2.87. The van der Waals surface area contributed by atoms with Gasteiger partial charge in [0.25, 0.3) is 0 Å². The Hall–Kier alpha value is -0.610. The van der Waals surface area contributed by atoms with Crippen LogP contribution in [-0.4, -0.2) is 32.2 Å². The van der Waals surface area contributed by atoms with E-state index in [0.717, 1.165) is 39.1 Å². The molecule has 86 valence electrons. The van der Waals surface area contributed by atoms with Gasteiger partial charge in [0.1, 0.15) is 0 Å². The number of carbonyl (C=O) groups excluding carboxylic acids is 1. The molecule has 2 aliphatic rings. The van der Waals surface area contributed by atoms with Gasteiger partial charge < -0.3 is 15.8 Å². The lowest BCUT2D eigenvalue weighted by molar-refractivity contribution is -0.125. The Balaban J connectivity index is 2.21. The van der Waals surface area contributed by atoms with Crippen molar-refractivity contribution in [3.63, 3.8) is 0 Å². The highest BCUT2D eigenvalue weighted by molar-refractivity contribution is 5.78. The zero-order valence-corrected chi connectivity index (χ0v) is 9.29. The first kappa shape index (κ1) is 10.9. The van der Waals surface area contributed by atoms with Gasteiger partial charge in [-0.05, 0) is 18.8 Å². The predicted octanol–water partition coefficient (Wildman–Crippen LogP) is 0.124. The van der Waals surface area contributed by atoms with E-state index in [0.29, 0.717) is 5.92 Å². The highest BCUT2D eigenvalue weighted by Crippen LogP contribution is 2.45. The molecule has 0 radical (unpaired) electrons. The van der Waals surface area contributed by atoms with Crippen molar-refractivity contribution < 1.29 is 9.53 Å². The summed E-state index contributed by atoms with van der Waals surface area (Å²) in [4.78, 5) is 11.5.